The zero-order valence-corrected chi connectivity index (χ0v) is 11.2. The summed E-state index contributed by atoms with van der Waals surface area (Å²) in [5, 5.41) is 3.07. The van der Waals surface area contributed by atoms with Crippen molar-refractivity contribution in [1.82, 2.24) is 0 Å². The maximum Gasteiger partial charge on any atom is 0.193 e. The summed E-state index contributed by atoms with van der Waals surface area (Å²) in [7, 11) is 0. The lowest BCUT2D eigenvalue weighted by Crippen LogP contribution is -2.23. The smallest absolute Gasteiger partial charge is 0.193 e. The quantitative estimate of drug-likeness (QED) is 0.646. The molecular weight excluding hydrogens is 322 g/mol. The Hall–Kier alpha value is -0.550. The first-order valence-corrected chi connectivity index (χ1v) is 6.29. The maximum absolute atomic E-state index is 5.77. The molecule has 15 heavy (non-hydrogen) atoms. The SMILES string of the molecule is NC(=NC1CC1)Nc1cc(Br)ccc1Br. The van der Waals surface area contributed by atoms with E-state index < -0.39 is 0 Å². The Labute approximate surface area is 105 Å². The fourth-order valence-electron chi connectivity index (χ4n) is 1.16. The number of hydrogen-bond acceptors (Lipinski definition) is 1. The molecular formula is C10H11Br2N3. The molecule has 0 aromatic heterocycles. The van der Waals surface area contributed by atoms with Crippen LogP contribution < -0.4 is 11.1 Å². The molecule has 1 saturated carbocycles. The molecule has 0 unspecified atom stereocenters. The number of benzene rings is 1. The molecule has 0 amide bonds. The van der Waals surface area contributed by atoms with Crippen LogP contribution in [0.3, 0.4) is 0 Å². The number of hydrogen-bond donors (Lipinski definition) is 2. The van der Waals surface area contributed by atoms with E-state index in [1.807, 2.05) is 18.2 Å². The molecule has 0 bridgehead atoms. The summed E-state index contributed by atoms with van der Waals surface area (Å²) < 4.78 is 1.98. The van der Waals surface area contributed by atoms with Gasteiger partial charge in [0.1, 0.15) is 0 Å². The van der Waals surface area contributed by atoms with Crippen molar-refractivity contribution < 1.29 is 0 Å². The molecule has 0 aliphatic heterocycles. The van der Waals surface area contributed by atoms with Crippen molar-refractivity contribution in [1.29, 1.82) is 0 Å². The van der Waals surface area contributed by atoms with Gasteiger partial charge in [0, 0.05) is 8.95 Å². The van der Waals surface area contributed by atoms with Gasteiger partial charge in [0.2, 0.25) is 0 Å². The fraction of sp³-hybridized carbons (Fsp3) is 0.300. The average molecular weight is 333 g/mol. The number of halogens is 2. The van der Waals surface area contributed by atoms with Gasteiger partial charge >= 0.3 is 0 Å². The molecule has 3 N–H and O–H groups in total. The summed E-state index contributed by atoms with van der Waals surface area (Å²) in [5.41, 5.74) is 6.69. The van der Waals surface area contributed by atoms with Crippen LogP contribution in [0.2, 0.25) is 0 Å². The van der Waals surface area contributed by atoms with Crippen molar-refractivity contribution in [2.24, 2.45) is 10.7 Å². The van der Waals surface area contributed by atoms with E-state index in [0.29, 0.717) is 12.0 Å². The minimum atomic E-state index is 0.434. The monoisotopic (exact) mass is 331 g/mol. The minimum Gasteiger partial charge on any atom is -0.370 e. The summed E-state index contributed by atoms with van der Waals surface area (Å²) in [5.74, 6) is 0.483. The second-order valence-corrected chi connectivity index (χ2v) is 5.26. The van der Waals surface area contributed by atoms with Crippen LogP contribution in [-0.4, -0.2) is 12.0 Å². The van der Waals surface area contributed by atoms with Gasteiger partial charge in [-0.3, -0.25) is 0 Å². The van der Waals surface area contributed by atoms with E-state index in [0.717, 1.165) is 27.5 Å². The summed E-state index contributed by atoms with van der Waals surface area (Å²) in [6.45, 7) is 0. The Morgan fingerprint density at radius 2 is 2.13 bits per heavy atom. The summed E-state index contributed by atoms with van der Waals surface area (Å²) in [6.07, 6.45) is 2.31. The molecule has 80 valence electrons. The highest BCUT2D eigenvalue weighted by Gasteiger charge is 2.20. The highest BCUT2D eigenvalue weighted by Crippen LogP contribution is 2.27. The molecule has 0 saturated heterocycles. The predicted octanol–water partition coefficient (Wildman–Crippen LogP) is 3.10. The number of nitrogens with two attached hydrogens (primary N) is 1. The molecule has 1 aliphatic rings. The Kier molecular flexibility index (Phi) is 3.31. The van der Waals surface area contributed by atoms with Crippen LogP contribution >= 0.6 is 31.9 Å². The van der Waals surface area contributed by atoms with Gasteiger partial charge in [0.15, 0.2) is 5.96 Å². The number of guanidine groups is 1. The van der Waals surface area contributed by atoms with E-state index in [1.54, 1.807) is 0 Å². The largest absolute Gasteiger partial charge is 0.370 e. The molecule has 5 heteroatoms. The zero-order valence-electron chi connectivity index (χ0n) is 8.00. The normalized spacial score (nSPS) is 16.5. The predicted molar refractivity (Wildman–Crippen MR) is 70.1 cm³/mol. The Morgan fingerprint density at radius 1 is 1.40 bits per heavy atom. The molecule has 0 heterocycles. The van der Waals surface area contributed by atoms with Crippen molar-refractivity contribution in [3.05, 3.63) is 27.1 Å². The second kappa shape index (κ2) is 4.53. The summed E-state index contributed by atoms with van der Waals surface area (Å²) in [6, 6.07) is 6.31. The first kappa shape index (κ1) is 11.0. The zero-order chi connectivity index (χ0) is 10.8. The molecule has 1 aliphatic carbocycles. The van der Waals surface area contributed by atoms with Crippen molar-refractivity contribution >= 4 is 43.5 Å². The Bertz CT molecular complexity index is 400. The second-order valence-electron chi connectivity index (χ2n) is 3.49. The lowest BCUT2D eigenvalue weighted by atomic mass is 10.3. The van der Waals surface area contributed by atoms with E-state index in [1.165, 1.54) is 0 Å². The lowest BCUT2D eigenvalue weighted by molar-refractivity contribution is 1.06. The van der Waals surface area contributed by atoms with Gasteiger partial charge in [0.25, 0.3) is 0 Å². The standard InChI is InChI=1S/C10H11Br2N3/c11-6-1-4-8(12)9(5-6)15-10(13)14-7-2-3-7/h1,4-5,7H,2-3H2,(H3,13,14,15). The van der Waals surface area contributed by atoms with Gasteiger partial charge in [-0.2, -0.15) is 0 Å². The molecule has 0 spiro atoms. The highest BCUT2D eigenvalue weighted by molar-refractivity contribution is 9.11. The minimum absolute atomic E-state index is 0.434. The van der Waals surface area contributed by atoms with Gasteiger partial charge in [-0.25, -0.2) is 4.99 Å². The third-order valence-electron chi connectivity index (χ3n) is 2.06. The highest BCUT2D eigenvalue weighted by atomic mass is 79.9. The Morgan fingerprint density at radius 3 is 2.80 bits per heavy atom. The van der Waals surface area contributed by atoms with Gasteiger partial charge in [-0.1, -0.05) is 15.9 Å². The number of rotatable bonds is 2. The van der Waals surface area contributed by atoms with Crippen LogP contribution in [0.1, 0.15) is 12.8 Å². The van der Waals surface area contributed by atoms with Crippen LogP contribution in [-0.2, 0) is 0 Å². The molecule has 2 rings (SSSR count). The fourth-order valence-corrected chi connectivity index (χ4v) is 1.87. The number of aliphatic imine (C=N–C) groups is 1. The molecule has 1 fully saturated rings. The first-order chi connectivity index (χ1) is 7.15. The molecule has 1 aromatic carbocycles. The van der Waals surface area contributed by atoms with Gasteiger partial charge in [-0.05, 0) is 47.0 Å². The van der Waals surface area contributed by atoms with Gasteiger partial charge in [-0.15, -0.1) is 0 Å². The Balaban J connectivity index is 2.11. The van der Waals surface area contributed by atoms with E-state index in [9.17, 15) is 0 Å². The topological polar surface area (TPSA) is 50.4 Å². The van der Waals surface area contributed by atoms with Gasteiger partial charge in [0.05, 0.1) is 11.7 Å². The van der Waals surface area contributed by atoms with Crippen molar-refractivity contribution in [2.45, 2.75) is 18.9 Å². The molecule has 0 radical (unpaired) electrons. The van der Waals surface area contributed by atoms with Crippen LogP contribution in [0.25, 0.3) is 0 Å². The van der Waals surface area contributed by atoms with Crippen LogP contribution in [0.15, 0.2) is 32.1 Å². The number of nitrogens with one attached hydrogen (secondary N) is 1. The van der Waals surface area contributed by atoms with E-state index in [-0.39, 0.29) is 0 Å². The van der Waals surface area contributed by atoms with Crippen molar-refractivity contribution in [2.75, 3.05) is 5.32 Å². The van der Waals surface area contributed by atoms with E-state index >= 15 is 0 Å². The van der Waals surface area contributed by atoms with Gasteiger partial charge < -0.3 is 11.1 Å². The molecule has 3 nitrogen and oxygen atoms in total. The van der Waals surface area contributed by atoms with E-state index in [4.69, 9.17) is 5.73 Å². The summed E-state index contributed by atoms with van der Waals surface area (Å²) >= 11 is 6.85. The third kappa shape index (κ3) is 3.21. The molecule has 0 atom stereocenters. The molecule has 1 aromatic rings. The first-order valence-electron chi connectivity index (χ1n) is 4.70. The van der Waals surface area contributed by atoms with Crippen molar-refractivity contribution in [3.63, 3.8) is 0 Å². The number of nitrogens with zero attached hydrogens (tertiary/aromatic N) is 1. The van der Waals surface area contributed by atoms with Crippen molar-refractivity contribution in [3.8, 4) is 0 Å². The van der Waals surface area contributed by atoms with E-state index in [2.05, 4.69) is 42.2 Å². The lowest BCUT2D eigenvalue weighted by Gasteiger charge is -2.07. The van der Waals surface area contributed by atoms with Crippen LogP contribution in [0.5, 0.6) is 0 Å². The summed E-state index contributed by atoms with van der Waals surface area (Å²) in [4.78, 5) is 4.30. The van der Waals surface area contributed by atoms with Crippen LogP contribution in [0.4, 0.5) is 5.69 Å². The number of anilines is 1. The van der Waals surface area contributed by atoms with Crippen LogP contribution in [0, 0.1) is 0 Å². The maximum atomic E-state index is 5.77. The average Bonchev–Trinajstić information content (AvgIpc) is 2.95. The third-order valence-corrected chi connectivity index (χ3v) is 3.24.